The summed E-state index contributed by atoms with van der Waals surface area (Å²) in [6, 6.07) is 8.70. The van der Waals surface area contributed by atoms with Gasteiger partial charge in [-0.05, 0) is 43.9 Å². The van der Waals surface area contributed by atoms with Crippen LogP contribution < -0.4 is 5.32 Å². The first kappa shape index (κ1) is 16.2. The second-order valence-electron chi connectivity index (χ2n) is 6.24. The first-order chi connectivity index (χ1) is 8.93. The minimum Gasteiger partial charge on any atom is -0.371 e. The summed E-state index contributed by atoms with van der Waals surface area (Å²) in [5.74, 6) is 0.698. The molecule has 19 heavy (non-hydrogen) atoms. The standard InChI is InChI=1S/C17H29NO/c1-6-17(4,5)19-13-16-9-7-15(8-10-16)12-18-11-14(2)3/h7-10,14,18H,6,11-13H2,1-5H3. The molecule has 0 unspecified atom stereocenters. The predicted molar refractivity (Wildman–Crippen MR) is 82.1 cm³/mol. The molecule has 0 spiro atoms. The molecule has 1 aromatic rings. The summed E-state index contributed by atoms with van der Waals surface area (Å²) in [6.07, 6.45) is 1.03. The number of ether oxygens (including phenoxy) is 1. The van der Waals surface area contributed by atoms with Crippen molar-refractivity contribution in [3.63, 3.8) is 0 Å². The van der Waals surface area contributed by atoms with Gasteiger partial charge in [-0.1, -0.05) is 45.0 Å². The molecule has 108 valence electrons. The lowest BCUT2D eigenvalue weighted by molar-refractivity contribution is -0.0316. The molecule has 1 aromatic carbocycles. The maximum Gasteiger partial charge on any atom is 0.0724 e. The molecule has 0 aliphatic carbocycles. The molecule has 2 heteroatoms. The van der Waals surface area contributed by atoms with Crippen molar-refractivity contribution in [2.45, 2.75) is 59.8 Å². The number of hydrogen-bond acceptors (Lipinski definition) is 2. The fourth-order valence-electron chi connectivity index (χ4n) is 1.64. The van der Waals surface area contributed by atoms with Crippen LogP contribution in [0.4, 0.5) is 0 Å². The quantitative estimate of drug-likeness (QED) is 0.761. The van der Waals surface area contributed by atoms with Gasteiger partial charge in [0.05, 0.1) is 12.2 Å². The summed E-state index contributed by atoms with van der Waals surface area (Å²) in [5.41, 5.74) is 2.55. The average Bonchev–Trinajstić information content (AvgIpc) is 2.37. The molecule has 0 aliphatic heterocycles. The van der Waals surface area contributed by atoms with E-state index in [-0.39, 0.29) is 5.60 Å². The van der Waals surface area contributed by atoms with Crippen LogP contribution in [0.5, 0.6) is 0 Å². The van der Waals surface area contributed by atoms with E-state index in [0.29, 0.717) is 12.5 Å². The summed E-state index contributed by atoms with van der Waals surface area (Å²) in [6.45, 7) is 13.6. The minimum atomic E-state index is -0.0303. The third-order valence-electron chi connectivity index (χ3n) is 3.39. The van der Waals surface area contributed by atoms with Gasteiger partial charge in [-0.2, -0.15) is 0 Å². The van der Waals surface area contributed by atoms with Crippen LogP contribution in [0, 0.1) is 5.92 Å². The van der Waals surface area contributed by atoms with Crippen molar-refractivity contribution in [1.82, 2.24) is 5.32 Å². The van der Waals surface area contributed by atoms with Crippen LogP contribution >= 0.6 is 0 Å². The predicted octanol–water partition coefficient (Wildman–Crippen LogP) is 4.14. The van der Waals surface area contributed by atoms with Gasteiger partial charge in [0.15, 0.2) is 0 Å². The molecule has 0 aliphatic rings. The third-order valence-corrected chi connectivity index (χ3v) is 3.39. The molecule has 1 N–H and O–H groups in total. The van der Waals surface area contributed by atoms with E-state index in [0.717, 1.165) is 19.5 Å². The summed E-state index contributed by atoms with van der Waals surface area (Å²) < 4.78 is 5.90. The molecule has 0 radical (unpaired) electrons. The zero-order chi connectivity index (χ0) is 14.3. The first-order valence-corrected chi connectivity index (χ1v) is 7.35. The van der Waals surface area contributed by atoms with Crippen molar-refractivity contribution < 1.29 is 4.74 Å². The van der Waals surface area contributed by atoms with Crippen LogP contribution in [0.25, 0.3) is 0 Å². The highest BCUT2D eigenvalue weighted by atomic mass is 16.5. The van der Waals surface area contributed by atoms with Gasteiger partial charge in [0, 0.05) is 6.54 Å². The van der Waals surface area contributed by atoms with Crippen LogP contribution in [-0.2, 0) is 17.9 Å². The fraction of sp³-hybridized carbons (Fsp3) is 0.647. The molecule has 0 saturated carbocycles. The van der Waals surface area contributed by atoms with Crippen molar-refractivity contribution in [3.8, 4) is 0 Å². The second kappa shape index (κ2) is 7.66. The largest absolute Gasteiger partial charge is 0.371 e. The molecule has 0 fully saturated rings. The lowest BCUT2D eigenvalue weighted by Gasteiger charge is -2.23. The molecule has 0 atom stereocenters. The molecule has 1 rings (SSSR count). The molecule has 0 amide bonds. The second-order valence-corrected chi connectivity index (χ2v) is 6.24. The van der Waals surface area contributed by atoms with E-state index in [4.69, 9.17) is 4.74 Å². The van der Waals surface area contributed by atoms with Crippen molar-refractivity contribution in [1.29, 1.82) is 0 Å². The minimum absolute atomic E-state index is 0.0303. The topological polar surface area (TPSA) is 21.3 Å². The molecule has 0 aromatic heterocycles. The van der Waals surface area contributed by atoms with Gasteiger partial charge in [-0.3, -0.25) is 0 Å². The van der Waals surface area contributed by atoms with Crippen LogP contribution in [0.15, 0.2) is 24.3 Å². The monoisotopic (exact) mass is 263 g/mol. The number of rotatable bonds is 8. The Labute approximate surface area is 118 Å². The zero-order valence-corrected chi connectivity index (χ0v) is 13.1. The van der Waals surface area contributed by atoms with Gasteiger partial charge in [0.2, 0.25) is 0 Å². The smallest absolute Gasteiger partial charge is 0.0724 e. The lowest BCUT2D eigenvalue weighted by Crippen LogP contribution is -2.22. The van der Waals surface area contributed by atoms with Crippen LogP contribution in [-0.4, -0.2) is 12.1 Å². The first-order valence-electron chi connectivity index (χ1n) is 7.35. The van der Waals surface area contributed by atoms with E-state index in [1.807, 2.05) is 0 Å². The van der Waals surface area contributed by atoms with Crippen molar-refractivity contribution >= 4 is 0 Å². The SMILES string of the molecule is CCC(C)(C)OCc1ccc(CNCC(C)C)cc1. The zero-order valence-electron chi connectivity index (χ0n) is 13.1. The van der Waals surface area contributed by atoms with E-state index in [2.05, 4.69) is 64.2 Å². The fourth-order valence-corrected chi connectivity index (χ4v) is 1.64. The van der Waals surface area contributed by atoms with Crippen molar-refractivity contribution in [3.05, 3.63) is 35.4 Å². The van der Waals surface area contributed by atoms with Crippen LogP contribution in [0.2, 0.25) is 0 Å². The van der Waals surface area contributed by atoms with Gasteiger partial charge in [-0.25, -0.2) is 0 Å². The van der Waals surface area contributed by atoms with Gasteiger partial charge in [-0.15, -0.1) is 0 Å². The molecule has 0 heterocycles. The van der Waals surface area contributed by atoms with E-state index < -0.39 is 0 Å². The summed E-state index contributed by atoms with van der Waals surface area (Å²) in [5, 5.41) is 3.45. The van der Waals surface area contributed by atoms with Gasteiger partial charge in [0.1, 0.15) is 0 Å². The molecule has 0 saturated heterocycles. The van der Waals surface area contributed by atoms with Crippen LogP contribution in [0.1, 0.15) is 52.2 Å². The number of benzene rings is 1. The molecular weight excluding hydrogens is 234 g/mol. The van der Waals surface area contributed by atoms with E-state index in [1.54, 1.807) is 0 Å². The molecule has 0 bridgehead atoms. The maximum atomic E-state index is 5.90. The Morgan fingerprint density at radius 3 is 2.21 bits per heavy atom. The van der Waals surface area contributed by atoms with Crippen molar-refractivity contribution in [2.75, 3.05) is 6.54 Å². The van der Waals surface area contributed by atoms with Crippen molar-refractivity contribution in [2.24, 2.45) is 5.92 Å². The Kier molecular flexibility index (Phi) is 6.53. The van der Waals surface area contributed by atoms with E-state index in [9.17, 15) is 0 Å². The molecular formula is C17H29NO. The van der Waals surface area contributed by atoms with Gasteiger partial charge >= 0.3 is 0 Å². The maximum absolute atomic E-state index is 5.90. The summed E-state index contributed by atoms with van der Waals surface area (Å²) in [7, 11) is 0. The molecule has 2 nitrogen and oxygen atoms in total. The third kappa shape index (κ3) is 6.74. The Morgan fingerprint density at radius 2 is 1.68 bits per heavy atom. The number of hydrogen-bond donors (Lipinski definition) is 1. The average molecular weight is 263 g/mol. The summed E-state index contributed by atoms with van der Waals surface area (Å²) in [4.78, 5) is 0. The Bertz CT molecular complexity index is 354. The number of nitrogens with one attached hydrogen (secondary N) is 1. The summed E-state index contributed by atoms with van der Waals surface area (Å²) >= 11 is 0. The van der Waals surface area contributed by atoms with Crippen LogP contribution in [0.3, 0.4) is 0 Å². The van der Waals surface area contributed by atoms with Gasteiger partial charge < -0.3 is 10.1 Å². The van der Waals surface area contributed by atoms with E-state index in [1.165, 1.54) is 11.1 Å². The highest BCUT2D eigenvalue weighted by molar-refractivity contribution is 5.22. The van der Waals surface area contributed by atoms with Gasteiger partial charge in [0.25, 0.3) is 0 Å². The lowest BCUT2D eigenvalue weighted by atomic mass is 10.1. The highest BCUT2D eigenvalue weighted by Crippen LogP contribution is 2.16. The Balaban J connectivity index is 2.39. The van der Waals surface area contributed by atoms with E-state index >= 15 is 0 Å². The normalized spacial score (nSPS) is 12.1. The highest BCUT2D eigenvalue weighted by Gasteiger charge is 2.14. The Hall–Kier alpha value is -0.860. The Morgan fingerprint density at radius 1 is 1.11 bits per heavy atom.